The molecular weight excluding hydrogens is 258 g/mol. The van der Waals surface area contributed by atoms with Crippen LogP contribution in [0.4, 0.5) is 0 Å². The molecule has 0 bridgehead atoms. The van der Waals surface area contributed by atoms with Crippen LogP contribution in [-0.2, 0) is 16.1 Å². The third kappa shape index (κ3) is 3.63. The number of benzene rings is 1. The summed E-state index contributed by atoms with van der Waals surface area (Å²) in [5.74, 6) is 1.14. The number of carbonyl (C=O) groups is 1. The summed E-state index contributed by atoms with van der Waals surface area (Å²) in [6, 6.07) is 5.72. The predicted molar refractivity (Wildman–Crippen MR) is 75.0 cm³/mol. The van der Waals surface area contributed by atoms with Gasteiger partial charge in [-0.3, -0.25) is 0 Å². The van der Waals surface area contributed by atoms with Crippen molar-refractivity contribution in [3.63, 3.8) is 0 Å². The molecule has 1 aromatic carbocycles. The van der Waals surface area contributed by atoms with Gasteiger partial charge < -0.3 is 19.5 Å². The molecule has 110 valence electrons. The molecule has 5 nitrogen and oxygen atoms in total. The van der Waals surface area contributed by atoms with Gasteiger partial charge in [-0.15, -0.1) is 0 Å². The molecule has 0 amide bonds. The van der Waals surface area contributed by atoms with Crippen LogP contribution in [0.3, 0.4) is 0 Å². The van der Waals surface area contributed by atoms with Crippen LogP contribution in [0.15, 0.2) is 18.2 Å². The first-order valence-corrected chi connectivity index (χ1v) is 6.98. The van der Waals surface area contributed by atoms with Crippen LogP contribution in [0.25, 0.3) is 0 Å². The van der Waals surface area contributed by atoms with E-state index in [0.717, 1.165) is 17.7 Å². The fourth-order valence-electron chi connectivity index (χ4n) is 2.03. The van der Waals surface area contributed by atoms with Gasteiger partial charge in [0.1, 0.15) is 11.5 Å². The topological polar surface area (TPSA) is 56.8 Å². The van der Waals surface area contributed by atoms with Gasteiger partial charge >= 0.3 is 5.97 Å². The Kier molecular flexibility index (Phi) is 5.24. The number of ether oxygens (including phenoxy) is 3. The lowest BCUT2D eigenvalue weighted by Gasteiger charge is -2.16. The van der Waals surface area contributed by atoms with Crippen LogP contribution < -0.4 is 14.8 Å². The van der Waals surface area contributed by atoms with Crippen LogP contribution in [0.1, 0.15) is 25.3 Å². The molecule has 1 aliphatic heterocycles. The van der Waals surface area contributed by atoms with E-state index in [9.17, 15) is 4.79 Å². The van der Waals surface area contributed by atoms with Crippen molar-refractivity contribution in [1.29, 1.82) is 0 Å². The Morgan fingerprint density at radius 2 is 2.30 bits per heavy atom. The second-order valence-electron chi connectivity index (χ2n) is 4.71. The van der Waals surface area contributed by atoms with E-state index in [1.807, 2.05) is 25.2 Å². The van der Waals surface area contributed by atoms with Crippen molar-refractivity contribution in [3.05, 3.63) is 23.8 Å². The Bertz CT molecular complexity index is 461. The van der Waals surface area contributed by atoms with Gasteiger partial charge in [0.05, 0.1) is 13.2 Å². The largest absolute Gasteiger partial charge is 0.493 e. The molecule has 0 aromatic heterocycles. The average molecular weight is 279 g/mol. The van der Waals surface area contributed by atoms with E-state index < -0.39 is 6.10 Å². The second-order valence-corrected chi connectivity index (χ2v) is 4.71. The van der Waals surface area contributed by atoms with Gasteiger partial charge in [0.25, 0.3) is 0 Å². The maximum Gasteiger partial charge on any atom is 0.347 e. The number of rotatable bonds is 7. The molecule has 1 saturated heterocycles. The number of esters is 1. The van der Waals surface area contributed by atoms with Gasteiger partial charge in [0, 0.05) is 24.6 Å². The predicted octanol–water partition coefficient (Wildman–Crippen LogP) is 1.89. The molecule has 2 rings (SSSR count). The van der Waals surface area contributed by atoms with Crippen molar-refractivity contribution in [2.75, 3.05) is 20.3 Å². The zero-order valence-electron chi connectivity index (χ0n) is 12.0. The number of hydrogen-bond donors (Lipinski definition) is 1. The summed E-state index contributed by atoms with van der Waals surface area (Å²) in [6.45, 7) is 3.82. The summed E-state index contributed by atoms with van der Waals surface area (Å²) >= 11 is 0. The summed E-state index contributed by atoms with van der Waals surface area (Å²) < 4.78 is 16.3. The van der Waals surface area contributed by atoms with E-state index >= 15 is 0 Å². The van der Waals surface area contributed by atoms with Crippen molar-refractivity contribution < 1.29 is 19.0 Å². The van der Waals surface area contributed by atoms with Crippen LogP contribution in [0, 0.1) is 0 Å². The van der Waals surface area contributed by atoms with Gasteiger partial charge in [-0.25, -0.2) is 4.79 Å². The van der Waals surface area contributed by atoms with Crippen molar-refractivity contribution in [2.45, 2.75) is 32.4 Å². The molecule has 5 heteroatoms. The molecule has 1 N–H and O–H groups in total. The minimum Gasteiger partial charge on any atom is -0.493 e. The fraction of sp³-hybridized carbons (Fsp3) is 0.533. The fourth-order valence-corrected chi connectivity index (χ4v) is 2.03. The van der Waals surface area contributed by atoms with E-state index in [1.54, 1.807) is 0 Å². The molecule has 0 aliphatic carbocycles. The molecule has 1 heterocycles. The number of carbonyl (C=O) groups excluding carboxylic acids is 1. The normalized spacial score (nSPS) is 17.9. The Labute approximate surface area is 119 Å². The zero-order chi connectivity index (χ0) is 14.4. The average Bonchev–Trinajstić information content (AvgIpc) is 2.85. The summed E-state index contributed by atoms with van der Waals surface area (Å²) in [7, 11) is 1.87. The zero-order valence-corrected chi connectivity index (χ0v) is 12.0. The molecule has 1 atom stereocenters. The van der Waals surface area contributed by atoms with Crippen LogP contribution in [-0.4, -0.2) is 32.3 Å². The Balaban J connectivity index is 2.14. The van der Waals surface area contributed by atoms with Gasteiger partial charge in [0.15, 0.2) is 6.10 Å². The maximum absolute atomic E-state index is 11.5. The second kappa shape index (κ2) is 7.14. The monoisotopic (exact) mass is 279 g/mol. The third-order valence-corrected chi connectivity index (χ3v) is 3.04. The summed E-state index contributed by atoms with van der Waals surface area (Å²) in [5.41, 5.74) is 0.996. The van der Waals surface area contributed by atoms with Gasteiger partial charge in [-0.2, -0.15) is 0 Å². The highest BCUT2D eigenvalue weighted by molar-refractivity contribution is 5.76. The minimum absolute atomic E-state index is 0.291. The standard InChI is InChI=1S/C15H21NO4/c1-3-7-18-12-5-4-11(10-16-2)14(9-12)20-13-6-8-19-15(13)17/h4-5,9,13,16H,3,6-8,10H2,1-2H3. The molecule has 1 fully saturated rings. The molecule has 1 unspecified atom stereocenters. The lowest BCUT2D eigenvalue weighted by molar-refractivity contribution is -0.143. The van der Waals surface area contributed by atoms with Crippen LogP contribution in [0.5, 0.6) is 11.5 Å². The maximum atomic E-state index is 11.5. The highest BCUT2D eigenvalue weighted by Gasteiger charge is 2.29. The highest BCUT2D eigenvalue weighted by atomic mass is 16.6. The van der Waals surface area contributed by atoms with Gasteiger partial charge in [-0.05, 0) is 19.5 Å². The molecular formula is C15H21NO4. The third-order valence-electron chi connectivity index (χ3n) is 3.04. The number of hydrogen-bond acceptors (Lipinski definition) is 5. The Morgan fingerprint density at radius 3 is 2.95 bits per heavy atom. The lowest BCUT2D eigenvalue weighted by atomic mass is 10.2. The van der Waals surface area contributed by atoms with Crippen LogP contribution in [0.2, 0.25) is 0 Å². The van der Waals surface area contributed by atoms with Crippen molar-refractivity contribution >= 4 is 5.97 Å². The number of cyclic esters (lactones) is 1. The minimum atomic E-state index is -0.507. The van der Waals surface area contributed by atoms with Crippen molar-refractivity contribution in [2.24, 2.45) is 0 Å². The molecule has 0 spiro atoms. The lowest BCUT2D eigenvalue weighted by Crippen LogP contribution is -2.22. The summed E-state index contributed by atoms with van der Waals surface area (Å²) in [6.07, 6.45) is 1.04. The first kappa shape index (κ1) is 14.7. The van der Waals surface area contributed by atoms with E-state index in [4.69, 9.17) is 14.2 Å². The van der Waals surface area contributed by atoms with Gasteiger partial charge in [0.2, 0.25) is 0 Å². The Hall–Kier alpha value is -1.75. The Morgan fingerprint density at radius 1 is 1.45 bits per heavy atom. The van der Waals surface area contributed by atoms with E-state index in [1.165, 1.54) is 0 Å². The van der Waals surface area contributed by atoms with Crippen molar-refractivity contribution in [1.82, 2.24) is 5.32 Å². The van der Waals surface area contributed by atoms with Gasteiger partial charge in [-0.1, -0.05) is 13.0 Å². The molecule has 20 heavy (non-hydrogen) atoms. The molecule has 0 radical (unpaired) electrons. The SMILES string of the molecule is CCCOc1ccc(CNC)c(OC2CCOC2=O)c1. The van der Waals surface area contributed by atoms with E-state index in [-0.39, 0.29) is 5.97 Å². The molecule has 1 aromatic rings. The summed E-state index contributed by atoms with van der Waals surface area (Å²) in [4.78, 5) is 11.5. The van der Waals surface area contributed by atoms with Crippen LogP contribution >= 0.6 is 0 Å². The number of nitrogens with one attached hydrogen (secondary N) is 1. The van der Waals surface area contributed by atoms with E-state index in [2.05, 4.69) is 12.2 Å². The quantitative estimate of drug-likeness (QED) is 0.772. The molecule has 1 aliphatic rings. The van der Waals surface area contributed by atoms with E-state index in [0.29, 0.717) is 31.9 Å². The smallest absolute Gasteiger partial charge is 0.347 e. The van der Waals surface area contributed by atoms with Crippen molar-refractivity contribution in [3.8, 4) is 11.5 Å². The first-order valence-electron chi connectivity index (χ1n) is 6.98. The highest BCUT2D eigenvalue weighted by Crippen LogP contribution is 2.27. The molecule has 0 saturated carbocycles. The first-order chi connectivity index (χ1) is 9.74. The summed E-state index contributed by atoms with van der Waals surface area (Å²) in [5, 5.41) is 3.09.